The molecule has 0 saturated carbocycles. The van der Waals surface area contributed by atoms with Crippen molar-refractivity contribution in [1.82, 2.24) is 14.2 Å². The van der Waals surface area contributed by atoms with Crippen LogP contribution in [-0.2, 0) is 28.4 Å². The van der Waals surface area contributed by atoms with E-state index < -0.39 is 15.9 Å². The summed E-state index contributed by atoms with van der Waals surface area (Å²) in [5, 5.41) is 3.81. The second-order valence-electron chi connectivity index (χ2n) is 8.25. The number of benzene rings is 2. The number of nitrogens with one attached hydrogen (secondary N) is 1. The monoisotopic (exact) mass is 471 g/mol. The number of rotatable bonds is 7. The van der Waals surface area contributed by atoms with Crippen molar-refractivity contribution in [3.05, 3.63) is 54.2 Å². The minimum atomic E-state index is -3.69. The Hall–Kier alpha value is -3.04. The van der Waals surface area contributed by atoms with Crippen LogP contribution in [-0.4, -0.2) is 50.5 Å². The number of carbonyl (C=O) groups is 1. The number of fused-ring (bicyclic) bond motifs is 1. The maximum Gasteiger partial charge on any atom is 0.243 e. The molecule has 1 amide bonds. The summed E-state index contributed by atoms with van der Waals surface area (Å²) in [5.41, 5.74) is 1.79. The van der Waals surface area contributed by atoms with E-state index in [0.717, 1.165) is 16.5 Å². The van der Waals surface area contributed by atoms with Crippen molar-refractivity contribution in [3.8, 4) is 11.5 Å². The van der Waals surface area contributed by atoms with Crippen LogP contribution in [0.25, 0.3) is 10.9 Å². The summed E-state index contributed by atoms with van der Waals surface area (Å²) in [5.74, 6) is 0.729. The third-order valence-corrected chi connectivity index (χ3v) is 8.06. The maximum atomic E-state index is 13.3. The Balaban J connectivity index is 1.44. The van der Waals surface area contributed by atoms with Crippen molar-refractivity contribution < 1.29 is 22.7 Å². The van der Waals surface area contributed by atoms with Crippen molar-refractivity contribution in [2.24, 2.45) is 13.0 Å². The average molecular weight is 472 g/mol. The summed E-state index contributed by atoms with van der Waals surface area (Å²) in [6, 6.07) is 12.5. The lowest BCUT2D eigenvalue weighted by Crippen LogP contribution is -2.45. The molecule has 0 unspecified atom stereocenters. The Bertz CT molecular complexity index is 1270. The molecule has 176 valence electrons. The lowest BCUT2D eigenvalue weighted by atomic mass is 9.98. The number of hydrogen-bond acceptors (Lipinski definition) is 5. The molecule has 1 fully saturated rings. The summed E-state index contributed by atoms with van der Waals surface area (Å²) in [4.78, 5) is 13.1. The van der Waals surface area contributed by atoms with Crippen molar-refractivity contribution in [3.63, 3.8) is 0 Å². The quantitative estimate of drug-likeness (QED) is 0.572. The van der Waals surface area contributed by atoms with Gasteiger partial charge in [0.15, 0.2) is 0 Å². The standard InChI is InChI=1S/C24H29N3O5S/c1-26-12-10-17-13-21(8-9-22(17)26)33(29,30)27-11-4-5-19(16-27)24(28)25-15-18-6-7-20(31-2)14-23(18)32-3/h6-10,12-14,19H,4-5,11,15-16H2,1-3H3,(H,25,28)/t19-/m0/s1. The first kappa shape index (κ1) is 23.1. The third-order valence-electron chi connectivity index (χ3n) is 6.20. The minimum absolute atomic E-state index is 0.161. The summed E-state index contributed by atoms with van der Waals surface area (Å²) in [6.07, 6.45) is 3.19. The first-order chi connectivity index (χ1) is 15.8. The Labute approximate surface area is 194 Å². The predicted octanol–water partition coefficient (Wildman–Crippen LogP) is 2.91. The van der Waals surface area contributed by atoms with Crippen molar-refractivity contribution in [2.75, 3.05) is 27.3 Å². The van der Waals surface area contributed by atoms with E-state index in [0.29, 0.717) is 37.4 Å². The third kappa shape index (κ3) is 4.69. The van der Waals surface area contributed by atoms with Gasteiger partial charge in [0.2, 0.25) is 15.9 Å². The van der Waals surface area contributed by atoms with Gasteiger partial charge in [0, 0.05) is 55.4 Å². The van der Waals surface area contributed by atoms with E-state index in [1.807, 2.05) is 42.1 Å². The normalized spacial score (nSPS) is 17.1. The van der Waals surface area contributed by atoms with E-state index in [1.165, 1.54) is 4.31 Å². The van der Waals surface area contributed by atoms with Crippen LogP contribution >= 0.6 is 0 Å². The molecular weight excluding hydrogens is 442 g/mol. The van der Waals surface area contributed by atoms with Crippen LogP contribution in [0.15, 0.2) is 53.6 Å². The second kappa shape index (κ2) is 9.44. The highest BCUT2D eigenvalue weighted by molar-refractivity contribution is 7.89. The molecule has 0 spiro atoms. The Morgan fingerprint density at radius 3 is 2.70 bits per heavy atom. The van der Waals surface area contributed by atoms with Gasteiger partial charge in [0.1, 0.15) is 11.5 Å². The highest BCUT2D eigenvalue weighted by Gasteiger charge is 2.33. The van der Waals surface area contributed by atoms with E-state index in [9.17, 15) is 13.2 Å². The van der Waals surface area contributed by atoms with Gasteiger partial charge in [-0.15, -0.1) is 0 Å². The molecule has 0 bridgehead atoms. The predicted molar refractivity (Wildman–Crippen MR) is 126 cm³/mol. The SMILES string of the molecule is COc1ccc(CNC(=O)[C@H]2CCCN(S(=O)(=O)c3ccc4c(ccn4C)c3)C2)c(OC)c1. The molecule has 3 aromatic rings. The number of nitrogens with zero attached hydrogens (tertiary/aromatic N) is 2. The fourth-order valence-electron chi connectivity index (χ4n) is 4.27. The van der Waals surface area contributed by atoms with E-state index >= 15 is 0 Å². The number of aryl methyl sites for hydroxylation is 1. The van der Waals surface area contributed by atoms with Gasteiger partial charge in [-0.1, -0.05) is 0 Å². The summed E-state index contributed by atoms with van der Waals surface area (Å²) in [6.45, 7) is 0.867. The number of aromatic nitrogens is 1. The number of sulfonamides is 1. The van der Waals surface area contributed by atoms with E-state index in [2.05, 4.69) is 5.32 Å². The molecule has 2 heterocycles. The molecule has 33 heavy (non-hydrogen) atoms. The smallest absolute Gasteiger partial charge is 0.243 e. The fourth-order valence-corrected chi connectivity index (χ4v) is 5.83. The Morgan fingerprint density at radius 1 is 1.12 bits per heavy atom. The summed E-state index contributed by atoms with van der Waals surface area (Å²) in [7, 11) is 1.38. The lowest BCUT2D eigenvalue weighted by molar-refractivity contribution is -0.126. The summed E-state index contributed by atoms with van der Waals surface area (Å²) >= 11 is 0. The molecule has 1 aliphatic rings. The minimum Gasteiger partial charge on any atom is -0.497 e. The van der Waals surface area contributed by atoms with Gasteiger partial charge in [0.25, 0.3) is 0 Å². The molecule has 2 aromatic carbocycles. The number of amides is 1. The number of ether oxygens (including phenoxy) is 2. The highest BCUT2D eigenvalue weighted by Crippen LogP contribution is 2.28. The van der Waals surface area contributed by atoms with Crippen molar-refractivity contribution >= 4 is 26.8 Å². The number of piperidine rings is 1. The first-order valence-corrected chi connectivity index (χ1v) is 12.3. The zero-order valence-corrected chi connectivity index (χ0v) is 19.9. The van der Waals surface area contributed by atoms with Crippen LogP contribution in [0, 0.1) is 5.92 Å². The van der Waals surface area contributed by atoms with E-state index in [4.69, 9.17) is 9.47 Å². The molecule has 1 aromatic heterocycles. The number of carbonyl (C=O) groups excluding carboxylic acids is 1. The molecule has 1 N–H and O–H groups in total. The molecule has 1 aliphatic heterocycles. The van der Waals surface area contributed by atoms with E-state index in [-0.39, 0.29) is 17.3 Å². The topological polar surface area (TPSA) is 89.9 Å². The van der Waals surface area contributed by atoms with Crippen LogP contribution in [0.4, 0.5) is 0 Å². The molecule has 0 aliphatic carbocycles. The first-order valence-electron chi connectivity index (χ1n) is 10.9. The molecule has 4 rings (SSSR count). The van der Waals surface area contributed by atoms with Gasteiger partial charge >= 0.3 is 0 Å². The zero-order chi connectivity index (χ0) is 23.6. The van der Waals surface area contributed by atoms with Gasteiger partial charge in [-0.2, -0.15) is 4.31 Å². The molecule has 0 radical (unpaired) electrons. The zero-order valence-electron chi connectivity index (χ0n) is 19.1. The van der Waals surface area contributed by atoms with Gasteiger partial charge in [-0.25, -0.2) is 8.42 Å². The van der Waals surface area contributed by atoms with Crippen LogP contribution in [0.5, 0.6) is 11.5 Å². The Kier molecular flexibility index (Phi) is 6.62. The van der Waals surface area contributed by atoms with E-state index in [1.54, 1.807) is 32.4 Å². The number of hydrogen-bond donors (Lipinski definition) is 1. The Morgan fingerprint density at radius 2 is 1.94 bits per heavy atom. The van der Waals surface area contributed by atoms with Crippen LogP contribution in [0.2, 0.25) is 0 Å². The van der Waals surface area contributed by atoms with Gasteiger partial charge in [-0.3, -0.25) is 4.79 Å². The average Bonchev–Trinajstić information content (AvgIpc) is 3.22. The van der Waals surface area contributed by atoms with Crippen molar-refractivity contribution in [2.45, 2.75) is 24.3 Å². The molecule has 8 nitrogen and oxygen atoms in total. The van der Waals surface area contributed by atoms with Crippen LogP contribution < -0.4 is 14.8 Å². The largest absolute Gasteiger partial charge is 0.497 e. The fraction of sp³-hybridized carbons (Fsp3) is 0.375. The number of methoxy groups -OCH3 is 2. The molecular formula is C24H29N3O5S. The molecule has 1 saturated heterocycles. The second-order valence-corrected chi connectivity index (χ2v) is 10.2. The highest BCUT2D eigenvalue weighted by atomic mass is 32.2. The van der Waals surface area contributed by atoms with Crippen LogP contribution in [0.3, 0.4) is 0 Å². The van der Waals surface area contributed by atoms with Crippen LogP contribution in [0.1, 0.15) is 18.4 Å². The van der Waals surface area contributed by atoms with Gasteiger partial charge in [0.05, 0.1) is 25.0 Å². The maximum absolute atomic E-state index is 13.3. The molecule has 9 heteroatoms. The van der Waals surface area contributed by atoms with Crippen molar-refractivity contribution in [1.29, 1.82) is 0 Å². The summed E-state index contributed by atoms with van der Waals surface area (Å²) < 4.78 is 40.5. The van der Waals surface area contributed by atoms with Gasteiger partial charge in [-0.05, 0) is 49.2 Å². The lowest BCUT2D eigenvalue weighted by Gasteiger charge is -2.31. The van der Waals surface area contributed by atoms with Gasteiger partial charge < -0.3 is 19.4 Å². The molecule has 1 atom stereocenters.